The summed E-state index contributed by atoms with van der Waals surface area (Å²) in [5, 5.41) is 0.717. The summed E-state index contributed by atoms with van der Waals surface area (Å²) in [5.74, 6) is 4.52. The van der Waals surface area contributed by atoms with Gasteiger partial charge in [-0.1, -0.05) is 12.1 Å². The minimum Gasteiger partial charge on any atom is -0.422 e. The zero-order valence-electron chi connectivity index (χ0n) is 11.5. The Morgan fingerprint density at radius 1 is 1.30 bits per heavy atom. The highest BCUT2D eigenvalue weighted by Crippen LogP contribution is 2.28. The van der Waals surface area contributed by atoms with Crippen LogP contribution >= 0.6 is 0 Å². The van der Waals surface area contributed by atoms with Gasteiger partial charge in [-0.15, -0.1) is 0 Å². The summed E-state index contributed by atoms with van der Waals surface area (Å²) in [7, 11) is 0. The second-order valence-electron chi connectivity index (χ2n) is 4.26. The predicted molar refractivity (Wildman–Crippen MR) is 77.7 cm³/mol. The average molecular weight is 275 g/mol. The van der Waals surface area contributed by atoms with Crippen LogP contribution in [-0.4, -0.2) is 19.0 Å². The summed E-state index contributed by atoms with van der Waals surface area (Å²) < 4.78 is 5.20. The lowest BCUT2D eigenvalue weighted by atomic mass is 10.1. The summed E-state index contributed by atoms with van der Waals surface area (Å²) in [4.78, 5) is 25.9. The molecule has 0 bridgehead atoms. The van der Waals surface area contributed by atoms with Gasteiger partial charge in [-0.25, -0.2) is 10.6 Å². The van der Waals surface area contributed by atoms with Crippen LogP contribution in [0.25, 0.3) is 11.0 Å². The van der Waals surface area contributed by atoms with E-state index in [1.165, 1.54) is 0 Å². The first kappa shape index (κ1) is 14.1. The molecule has 0 aliphatic rings. The van der Waals surface area contributed by atoms with Gasteiger partial charge >= 0.3 is 5.63 Å². The molecule has 106 valence electrons. The van der Waals surface area contributed by atoms with Crippen LogP contribution in [0, 0.1) is 0 Å². The van der Waals surface area contributed by atoms with Gasteiger partial charge in [0.2, 0.25) is 0 Å². The number of fused-ring (bicyclic) bond motifs is 1. The second-order valence-corrected chi connectivity index (χ2v) is 4.26. The predicted octanol–water partition coefficient (Wildman–Crippen LogP) is 1.24. The number of nitrogen functional groups attached to an aromatic ring is 1. The van der Waals surface area contributed by atoms with E-state index in [0.29, 0.717) is 24.4 Å². The molecule has 20 heavy (non-hydrogen) atoms. The highest BCUT2D eigenvalue weighted by atomic mass is 16.4. The fraction of sp³-hybridized carbons (Fsp3) is 0.286. The second kappa shape index (κ2) is 5.75. The zero-order chi connectivity index (χ0) is 14.7. The molecule has 2 rings (SSSR count). The fourth-order valence-electron chi connectivity index (χ4n) is 2.27. The molecule has 0 aliphatic carbocycles. The van der Waals surface area contributed by atoms with E-state index < -0.39 is 11.5 Å². The molecule has 6 nitrogen and oxygen atoms in total. The van der Waals surface area contributed by atoms with E-state index in [1.807, 2.05) is 36.3 Å². The first-order valence-corrected chi connectivity index (χ1v) is 6.45. The van der Waals surface area contributed by atoms with Crippen LogP contribution in [0.5, 0.6) is 0 Å². The van der Waals surface area contributed by atoms with Crippen molar-refractivity contribution in [2.75, 3.05) is 18.0 Å². The molecule has 2 aromatic rings. The molecule has 0 radical (unpaired) electrons. The van der Waals surface area contributed by atoms with Gasteiger partial charge in [0.15, 0.2) is 5.56 Å². The first-order valence-electron chi connectivity index (χ1n) is 6.45. The average Bonchev–Trinajstić information content (AvgIpc) is 2.47. The minimum absolute atomic E-state index is 0.0603. The van der Waals surface area contributed by atoms with Crippen LogP contribution in [0.1, 0.15) is 24.2 Å². The number of nitrogens with zero attached hydrogens (tertiary/aromatic N) is 1. The van der Waals surface area contributed by atoms with E-state index in [-0.39, 0.29) is 5.56 Å². The summed E-state index contributed by atoms with van der Waals surface area (Å²) in [6.45, 7) is 5.23. The van der Waals surface area contributed by atoms with E-state index in [4.69, 9.17) is 10.3 Å². The molecule has 1 amide bonds. The Balaban J connectivity index is 2.89. The van der Waals surface area contributed by atoms with Crippen molar-refractivity contribution < 1.29 is 9.21 Å². The van der Waals surface area contributed by atoms with Crippen molar-refractivity contribution in [2.24, 2.45) is 5.84 Å². The Hall–Kier alpha value is -2.34. The lowest BCUT2D eigenvalue weighted by molar-refractivity contribution is 0.0950. The summed E-state index contributed by atoms with van der Waals surface area (Å²) in [6.07, 6.45) is 0. The maximum atomic E-state index is 12.1. The van der Waals surface area contributed by atoms with Gasteiger partial charge in [-0.3, -0.25) is 10.2 Å². The van der Waals surface area contributed by atoms with Crippen LogP contribution in [-0.2, 0) is 0 Å². The number of benzene rings is 1. The SMILES string of the molecule is CCN(CC)c1c(C(=O)NN)c(=O)oc2ccccc12. The van der Waals surface area contributed by atoms with Crippen molar-refractivity contribution in [1.82, 2.24) is 5.43 Å². The molecule has 0 atom stereocenters. The molecule has 0 spiro atoms. The lowest BCUT2D eigenvalue weighted by Crippen LogP contribution is -2.36. The molecule has 0 aliphatic heterocycles. The molecular formula is C14H17N3O3. The number of hydrogen-bond acceptors (Lipinski definition) is 5. The fourth-order valence-corrected chi connectivity index (χ4v) is 2.27. The number of carbonyl (C=O) groups is 1. The number of hydrogen-bond donors (Lipinski definition) is 2. The van der Waals surface area contributed by atoms with E-state index >= 15 is 0 Å². The summed E-state index contributed by atoms with van der Waals surface area (Å²) >= 11 is 0. The molecule has 6 heteroatoms. The van der Waals surface area contributed by atoms with E-state index in [2.05, 4.69) is 0 Å². The molecular weight excluding hydrogens is 258 g/mol. The van der Waals surface area contributed by atoms with Crippen molar-refractivity contribution in [2.45, 2.75) is 13.8 Å². The largest absolute Gasteiger partial charge is 0.422 e. The van der Waals surface area contributed by atoms with Crippen molar-refractivity contribution in [3.05, 3.63) is 40.2 Å². The summed E-state index contributed by atoms with van der Waals surface area (Å²) in [6, 6.07) is 7.13. The first-order chi connectivity index (χ1) is 9.63. The molecule has 1 aromatic carbocycles. The highest BCUT2D eigenvalue weighted by Gasteiger charge is 2.23. The smallest absolute Gasteiger partial charge is 0.351 e. The standard InChI is InChI=1S/C14H17N3O3/c1-3-17(4-2)12-9-7-5-6-8-10(9)20-14(19)11(12)13(18)16-15/h5-8H,3-4,15H2,1-2H3,(H,16,18). The van der Waals surface area contributed by atoms with Gasteiger partial charge in [0.05, 0.1) is 5.69 Å². The number of carbonyl (C=O) groups excluding carboxylic acids is 1. The van der Waals surface area contributed by atoms with E-state index in [0.717, 1.165) is 5.39 Å². The Morgan fingerprint density at radius 2 is 1.95 bits per heavy atom. The Morgan fingerprint density at radius 3 is 2.55 bits per heavy atom. The quantitative estimate of drug-likeness (QED) is 0.379. The number of nitrogens with two attached hydrogens (primary N) is 1. The molecule has 1 aromatic heterocycles. The van der Waals surface area contributed by atoms with E-state index in [1.54, 1.807) is 12.1 Å². The van der Waals surface area contributed by atoms with Gasteiger partial charge in [0.1, 0.15) is 5.58 Å². The van der Waals surface area contributed by atoms with Gasteiger partial charge in [-0.2, -0.15) is 0 Å². The normalized spacial score (nSPS) is 10.6. The van der Waals surface area contributed by atoms with Gasteiger partial charge in [0.25, 0.3) is 5.91 Å². The molecule has 0 saturated heterocycles. The Labute approximate surface area is 116 Å². The van der Waals surface area contributed by atoms with Gasteiger partial charge in [0, 0.05) is 18.5 Å². The lowest BCUT2D eigenvalue weighted by Gasteiger charge is -2.24. The third-order valence-electron chi connectivity index (χ3n) is 3.22. The summed E-state index contributed by atoms with van der Waals surface area (Å²) in [5.41, 5.74) is 2.27. The number of anilines is 1. The number of amides is 1. The molecule has 0 saturated carbocycles. The number of rotatable bonds is 4. The number of para-hydroxylation sites is 1. The van der Waals surface area contributed by atoms with Crippen LogP contribution in [0.15, 0.2) is 33.5 Å². The maximum absolute atomic E-state index is 12.1. The van der Waals surface area contributed by atoms with Gasteiger partial charge in [-0.05, 0) is 26.0 Å². The number of hydrazine groups is 1. The third kappa shape index (κ3) is 2.25. The van der Waals surface area contributed by atoms with Crippen molar-refractivity contribution >= 4 is 22.6 Å². The third-order valence-corrected chi connectivity index (χ3v) is 3.22. The molecule has 0 fully saturated rings. The maximum Gasteiger partial charge on any atom is 0.351 e. The Bertz CT molecular complexity index is 690. The molecule has 0 unspecified atom stereocenters. The van der Waals surface area contributed by atoms with Crippen LogP contribution in [0.3, 0.4) is 0 Å². The van der Waals surface area contributed by atoms with Crippen LogP contribution < -0.4 is 21.8 Å². The van der Waals surface area contributed by atoms with E-state index in [9.17, 15) is 9.59 Å². The molecule has 1 heterocycles. The van der Waals surface area contributed by atoms with Crippen molar-refractivity contribution in [3.8, 4) is 0 Å². The topological polar surface area (TPSA) is 88.6 Å². The Kier molecular flexibility index (Phi) is 4.05. The van der Waals surface area contributed by atoms with Gasteiger partial charge < -0.3 is 9.32 Å². The number of nitrogens with one attached hydrogen (secondary N) is 1. The highest BCUT2D eigenvalue weighted by molar-refractivity contribution is 6.06. The molecule has 3 N–H and O–H groups in total. The van der Waals surface area contributed by atoms with Crippen LogP contribution in [0.2, 0.25) is 0 Å². The van der Waals surface area contributed by atoms with Crippen LogP contribution in [0.4, 0.5) is 5.69 Å². The zero-order valence-corrected chi connectivity index (χ0v) is 11.5. The van der Waals surface area contributed by atoms with Crippen molar-refractivity contribution in [3.63, 3.8) is 0 Å². The monoisotopic (exact) mass is 275 g/mol. The minimum atomic E-state index is -0.687. The van der Waals surface area contributed by atoms with Crippen molar-refractivity contribution in [1.29, 1.82) is 0 Å².